The number of carbonyl (C=O) groups excluding carboxylic acids is 1. The Morgan fingerprint density at radius 2 is 1.80 bits per heavy atom. The monoisotopic (exact) mass is 574 g/mol. The number of nitrogens with one attached hydrogen (secondary N) is 1. The van der Waals surface area contributed by atoms with Gasteiger partial charge in [-0.3, -0.25) is 4.79 Å². The van der Waals surface area contributed by atoms with Gasteiger partial charge in [-0.2, -0.15) is 11.8 Å². The first-order valence-electron chi connectivity index (χ1n) is 15.2. The van der Waals surface area contributed by atoms with Crippen LogP contribution in [0.4, 0.5) is 0 Å². The first-order valence-corrected chi connectivity index (χ1v) is 16.4. The third-order valence-corrected chi connectivity index (χ3v) is 10.0. The number of carbonyl (C=O) groups is 1. The molecule has 0 spiro atoms. The average Bonchev–Trinajstić information content (AvgIpc) is 3.46. The largest absolute Gasteiger partial charge is 0.385 e. The van der Waals surface area contributed by atoms with E-state index >= 15 is 0 Å². The van der Waals surface area contributed by atoms with Gasteiger partial charge in [0.1, 0.15) is 5.60 Å². The molecule has 1 saturated carbocycles. The Bertz CT molecular complexity index is 1280. The van der Waals surface area contributed by atoms with Gasteiger partial charge in [-0.05, 0) is 49.2 Å². The lowest BCUT2D eigenvalue weighted by Crippen LogP contribution is -2.54. The standard InChI is InChI=1S/C33H42N4O3S/c38-32(36-18-17-34-22-27(36)21-25-9-3-1-4-10-25)30-31(26-11-5-2-6-12-26)37(24-35-30)29-13-7-8-16-33(29,39)23-40-28-14-19-41-20-15-28/h1-6,9-12,24,27-29,34,39H,7-8,13-23H2/t27-,29?,33?/m1/s1. The van der Waals surface area contributed by atoms with E-state index in [-0.39, 0.29) is 24.1 Å². The second-order valence-corrected chi connectivity index (χ2v) is 13.0. The van der Waals surface area contributed by atoms with Crippen LogP contribution in [0, 0.1) is 0 Å². The van der Waals surface area contributed by atoms with Gasteiger partial charge in [-0.25, -0.2) is 4.98 Å². The van der Waals surface area contributed by atoms with Crippen LogP contribution in [0.2, 0.25) is 0 Å². The molecular weight excluding hydrogens is 532 g/mol. The van der Waals surface area contributed by atoms with Crippen molar-refractivity contribution in [3.05, 3.63) is 78.2 Å². The molecule has 3 atom stereocenters. The minimum Gasteiger partial charge on any atom is -0.385 e. The molecule has 2 saturated heterocycles. The molecule has 41 heavy (non-hydrogen) atoms. The van der Waals surface area contributed by atoms with E-state index in [1.165, 1.54) is 5.56 Å². The summed E-state index contributed by atoms with van der Waals surface area (Å²) in [6.07, 6.45) is 8.39. The van der Waals surface area contributed by atoms with E-state index in [9.17, 15) is 9.90 Å². The third-order valence-electron chi connectivity index (χ3n) is 9.00. The fraction of sp³-hybridized carbons (Fsp3) is 0.515. The highest BCUT2D eigenvalue weighted by Gasteiger charge is 2.43. The van der Waals surface area contributed by atoms with Gasteiger partial charge in [0.15, 0.2) is 5.69 Å². The van der Waals surface area contributed by atoms with Crippen LogP contribution in [0.3, 0.4) is 0 Å². The minimum atomic E-state index is -1.00. The van der Waals surface area contributed by atoms with Gasteiger partial charge in [0.05, 0.1) is 30.8 Å². The van der Waals surface area contributed by atoms with E-state index in [1.807, 2.05) is 53.1 Å². The molecule has 0 radical (unpaired) electrons. The van der Waals surface area contributed by atoms with Crippen LogP contribution in [0.15, 0.2) is 67.0 Å². The summed E-state index contributed by atoms with van der Waals surface area (Å²) in [5.41, 5.74) is 2.43. The Hall–Kier alpha value is -2.65. The zero-order valence-electron chi connectivity index (χ0n) is 23.8. The van der Waals surface area contributed by atoms with Crippen molar-refractivity contribution in [2.75, 3.05) is 37.7 Å². The first kappa shape index (κ1) is 28.5. The summed E-state index contributed by atoms with van der Waals surface area (Å²) in [7, 11) is 0. The van der Waals surface area contributed by atoms with Gasteiger partial charge in [-0.15, -0.1) is 0 Å². The van der Waals surface area contributed by atoms with Crippen LogP contribution in [0.5, 0.6) is 0 Å². The molecule has 3 fully saturated rings. The van der Waals surface area contributed by atoms with Gasteiger partial charge in [0.25, 0.3) is 5.91 Å². The maximum absolute atomic E-state index is 14.3. The number of amides is 1. The number of imidazole rings is 1. The molecule has 3 aliphatic rings. The van der Waals surface area contributed by atoms with Crippen molar-refractivity contribution in [2.24, 2.45) is 0 Å². The van der Waals surface area contributed by atoms with Gasteiger partial charge in [0, 0.05) is 31.2 Å². The topological polar surface area (TPSA) is 79.6 Å². The molecule has 0 bridgehead atoms. The third kappa shape index (κ3) is 6.41. The lowest BCUT2D eigenvalue weighted by Gasteiger charge is -2.42. The van der Waals surface area contributed by atoms with E-state index in [2.05, 4.69) is 34.1 Å². The zero-order chi connectivity index (χ0) is 28.1. The Kier molecular flexibility index (Phi) is 9.10. The van der Waals surface area contributed by atoms with Crippen LogP contribution in [0.1, 0.15) is 60.6 Å². The Balaban J connectivity index is 1.32. The lowest BCUT2D eigenvalue weighted by molar-refractivity contribution is -0.117. The molecule has 7 nitrogen and oxygen atoms in total. The molecule has 1 aromatic heterocycles. The smallest absolute Gasteiger partial charge is 0.275 e. The fourth-order valence-electron chi connectivity index (χ4n) is 6.74. The predicted octanol–water partition coefficient (Wildman–Crippen LogP) is 4.97. The van der Waals surface area contributed by atoms with Gasteiger partial charge < -0.3 is 24.6 Å². The summed E-state index contributed by atoms with van der Waals surface area (Å²) in [6.45, 7) is 2.47. The first-order chi connectivity index (χ1) is 20.1. The van der Waals surface area contributed by atoms with E-state index in [4.69, 9.17) is 9.72 Å². The second-order valence-electron chi connectivity index (χ2n) is 11.7. The summed E-state index contributed by atoms with van der Waals surface area (Å²) in [5, 5.41) is 15.6. The van der Waals surface area contributed by atoms with E-state index in [1.54, 1.807) is 6.33 Å². The molecule has 2 aromatic carbocycles. The number of rotatable bonds is 8. The van der Waals surface area contributed by atoms with Gasteiger partial charge in [-0.1, -0.05) is 73.5 Å². The predicted molar refractivity (Wildman–Crippen MR) is 164 cm³/mol. The quantitative estimate of drug-likeness (QED) is 0.396. The molecule has 218 valence electrons. The van der Waals surface area contributed by atoms with Crippen molar-refractivity contribution in [1.29, 1.82) is 0 Å². The highest BCUT2D eigenvalue weighted by molar-refractivity contribution is 7.99. The molecule has 8 heteroatoms. The van der Waals surface area contributed by atoms with Crippen molar-refractivity contribution in [1.82, 2.24) is 19.8 Å². The maximum atomic E-state index is 14.3. The number of nitrogens with zero attached hydrogens (tertiary/aromatic N) is 3. The van der Waals surface area contributed by atoms with E-state index in [0.717, 1.165) is 74.4 Å². The number of aliphatic hydroxyl groups is 1. The summed E-state index contributed by atoms with van der Waals surface area (Å²) >= 11 is 1.98. The number of thioether (sulfide) groups is 1. The number of benzene rings is 2. The fourth-order valence-corrected chi connectivity index (χ4v) is 7.81. The van der Waals surface area contributed by atoms with Crippen LogP contribution in [-0.4, -0.2) is 81.0 Å². The van der Waals surface area contributed by atoms with E-state index in [0.29, 0.717) is 25.3 Å². The maximum Gasteiger partial charge on any atom is 0.275 e. The van der Waals surface area contributed by atoms with Crippen molar-refractivity contribution < 1.29 is 14.6 Å². The van der Waals surface area contributed by atoms with Crippen LogP contribution >= 0.6 is 11.8 Å². The Morgan fingerprint density at radius 3 is 2.59 bits per heavy atom. The molecule has 3 aromatic rings. The van der Waals surface area contributed by atoms with Crippen molar-refractivity contribution in [3.8, 4) is 11.3 Å². The average molecular weight is 575 g/mol. The molecule has 2 unspecified atom stereocenters. The molecule has 1 amide bonds. The summed E-state index contributed by atoms with van der Waals surface area (Å²) in [6, 6.07) is 20.3. The second kappa shape index (κ2) is 13.1. The number of aromatic nitrogens is 2. The Morgan fingerprint density at radius 1 is 1.05 bits per heavy atom. The SMILES string of the molecule is O=C(c1ncn(C2CCCCC2(O)COC2CCSCC2)c1-c1ccccc1)N1CCNC[C@H]1Cc1ccccc1. The number of ether oxygens (including phenoxy) is 1. The highest BCUT2D eigenvalue weighted by atomic mass is 32.2. The van der Waals surface area contributed by atoms with Crippen molar-refractivity contribution in [2.45, 2.75) is 68.7 Å². The highest BCUT2D eigenvalue weighted by Crippen LogP contribution is 2.41. The zero-order valence-corrected chi connectivity index (χ0v) is 24.6. The number of hydrogen-bond acceptors (Lipinski definition) is 6. The molecule has 1 aliphatic carbocycles. The molecule has 3 heterocycles. The van der Waals surface area contributed by atoms with Gasteiger partial charge in [0.2, 0.25) is 0 Å². The summed E-state index contributed by atoms with van der Waals surface area (Å²) in [4.78, 5) is 21.1. The Labute approximate surface area is 247 Å². The molecule has 6 rings (SSSR count). The summed E-state index contributed by atoms with van der Waals surface area (Å²) < 4.78 is 8.46. The van der Waals surface area contributed by atoms with Crippen LogP contribution < -0.4 is 5.32 Å². The van der Waals surface area contributed by atoms with Crippen molar-refractivity contribution >= 4 is 17.7 Å². The summed E-state index contributed by atoms with van der Waals surface area (Å²) in [5.74, 6) is 2.20. The normalized spacial score (nSPS) is 25.7. The van der Waals surface area contributed by atoms with Crippen LogP contribution in [-0.2, 0) is 11.2 Å². The van der Waals surface area contributed by atoms with E-state index < -0.39 is 5.60 Å². The molecular formula is C33H42N4O3S. The lowest BCUT2D eigenvalue weighted by atomic mass is 9.80. The molecule has 2 aliphatic heterocycles. The number of piperazine rings is 1. The minimum absolute atomic E-state index is 0.0414. The number of hydrogen-bond donors (Lipinski definition) is 2. The molecule has 2 N–H and O–H groups in total. The van der Waals surface area contributed by atoms with Crippen LogP contribution in [0.25, 0.3) is 11.3 Å². The van der Waals surface area contributed by atoms with Crippen molar-refractivity contribution in [3.63, 3.8) is 0 Å². The van der Waals surface area contributed by atoms with Gasteiger partial charge >= 0.3 is 0 Å².